The van der Waals surface area contributed by atoms with E-state index in [0.717, 1.165) is 15.9 Å². The smallest absolute Gasteiger partial charge is 0.341 e. The molecule has 0 aliphatic carbocycles. The molecule has 0 atom stereocenters. The average molecular weight is 326 g/mol. The van der Waals surface area contributed by atoms with Gasteiger partial charge in [-0.1, -0.05) is 0 Å². The van der Waals surface area contributed by atoms with Crippen LogP contribution in [0.25, 0.3) is 0 Å². The van der Waals surface area contributed by atoms with Crippen molar-refractivity contribution in [3.05, 3.63) is 50.1 Å². The Morgan fingerprint density at radius 2 is 2.21 bits per heavy atom. The minimum absolute atomic E-state index is 0.238. The Bertz CT molecular complexity index is 703. The summed E-state index contributed by atoms with van der Waals surface area (Å²) in [5, 5.41) is 13.2. The van der Waals surface area contributed by atoms with Gasteiger partial charge in [0.1, 0.15) is 5.56 Å². The lowest BCUT2D eigenvalue weighted by Gasteiger charge is -2.08. The Balaban J connectivity index is 2.42. The fourth-order valence-electron chi connectivity index (χ4n) is 1.81. The number of aryl methyl sites for hydroxylation is 2. The van der Waals surface area contributed by atoms with E-state index in [2.05, 4.69) is 21.0 Å². The number of carboxylic acid groups (broad SMARTS) is 1. The number of halogens is 1. The third-order valence-corrected chi connectivity index (χ3v) is 3.83. The molecule has 0 aliphatic rings. The van der Waals surface area contributed by atoms with Gasteiger partial charge in [0, 0.05) is 25.5 Å². The summed E-state index contributed by atoms with van der Waals surface area (Å²) >= 11 is 3.45. The van der Waals surface area contributed by atoms with Gasteiger partial charge >= 0.3 is 5.97 Å². The number of rotatable bonds is 3. The first-order valence-corrected chi connectivity index (χ1v) is 6.31. The zero-order valence-corrected chi connectivity index (χ0v) is 12.0. The summed E-state index contributed by atoms with van der Waals surface area (Å²) < 4.78 is 4.25. The summed E-state index contributed by atoms with van der Waals surface area (Å²) in [7, 11) is 1.81. The number of hydrogen-bond acceptors (Lipinski definition) is 3. The molecule has 2 rings (SSSR count). The van der Waals surface area contributed by atoms with Gasteiger partial charge in [-0.3, -0.25) is 9.48 Å². The molecule has 0 saturated heterocycles. The molecule has 1 N–H and O–H groups in total. The normalized spacial score (nSPS) is 10.7. The molecule has 0 bridgehead atoms. The van der Waals surface area contributed by atoms with Crippen LogP contribution in [0.15, 0.2) is 27.7 Å². The lowest BCUT2D eigenvalue weighted by Crippen LogP contribution is -2.17. The van der Waals surface area contributed by atoms with Gasteiger partial charge in [-0.2, -0.15) is 5.10 Å². The molecule has 0 spiro atoms. The fourth-order valence-corrected chi connectivity index (χ4v) is 2.27. The van der Waals surface area contributed by atoms with Gasteiger partial charge in [-0.05, 0) is 22.9 Å². The Morgan fingerprint density at radius 3 is 2.74 bits per heavy atom. The van der Waals surface area contributed by atoms with E-state index < -0.39 is 11.4 Å². The van der Waals surface area contributed by atoms with Gasteiger partial charge in [0.25, 0.3) is 0 Å². The Morgan fingerprint density at radius 1 is 1.53 bits per heavy atom. The Hall–Kier alpha value is -1.89. The Labute approximate surface area is 117 Å². The van der Waals surface area contributed by atoms with Crippen molar-refractivity contribution in [3.8, 4) is 0 Å². The van der Waals surface area contributed by atoms with Crippen molar-refractivity contribution < 1.29 is 9.90 Å². The quantitative estimate of drug-likeness (QED) is 0.925. The van der Waals surface area contributed by atoms with Crippen LogP contribution in [0.5, 0.6) is 0 Å². The highest BCUT2D eigenvalue weighted by molar-refractivity contribution is 9.10. The lowest BCUT2D eigenvalue weighted by molar-refractivity contribution is 0.0694. The zero-order valence-electron chi connectivity index (χ0n) is 10.4. The fraction of sp³-hybridized carbons (Fsp3) is 0.250. The molecular formula is C12H12BrN3O3. The molecular weight excluding hydrogens is 314 g/mol. The molecule has 0 aliphatic heterocycles. The molecule has 19 heavy (non-hydrogen) atoms. The second kappa shape index (κ2) is 5.00. The summed E-state index contributed by atoms with van der Waals surface area (Å²) in [6.07, 6.45) is 2.89. The van der Waals surface area contributed by atoms with Gasteiger partial charge in [-0.15, -0.1) is 0 Å². The van der Waals surface area contributed by atoms with Crippen molar-refractivity contribution in [2.24, 2.45) is 7.05 Å². The third kappa shape index (κ3) is 2.60. The van der Waals surface area contributed by atoms with Crippen LogP contribution < -0.4 is 5.43 Å². The van der Waals surface area contributed by atoms with Gasteiger partial charge in [0.2, 0.25) is 0 Å². The van der Waals surface area contributed by atoms with E-state index in [4.69, 9.17) is 5.11 Å². The highest BCUT2D eigenvalue weighted by Crippen LogP contribution is 2.20. The molecule has 0 amide bonds. The molecule has 0 saturated carbocycles. The van der Waals surface area contributed by atoms with Crippen molar-refractivity contribution in [2.45, 2.75) is 13.5 Å². The summed E-state index contributed by atoms with van der Waals surface area (Å²) in [5.74, 6) is -1.22. The third-order valence-electron chi connectivity index (χ3n) is 2.80. The molecule has 2 aromatic rings. The second-order valence-corrected chi connectivity index (χ2v) is 4.96. The van der Waals surface area contributed by atoms with Crippen LogP contribution >= 0.6 is 15.9 Å². The van der Waals surface area contributed by atoms with Gasteiger partial charge in [-0.25, -0.2) is 4.79 Å². The minimum Gasteiger partial charge on any atom is -0.477 e. The molecule has 0 fully saturated rings. The SMILES string of the molecule is Cc1nn(C)c(Cn2ccc(=O)c(C(=O)O)c2)c1Br. The van der Waals surface area contributed by atoms with Crippen LogP contribution in [0, 0.1) is 6.92 Å². The predicted octanol–water partition coefficient (Wildman–Crippen LogP) is 1.40. The van der Waals surface area contributed by atoms with Crippen molar-refractivity contribution >= 4 is 21.9 Å². The average Bonchev–Trinajstić information content (AvgIpc) is 2.58. The van der Waals surface area contributed by atoms with E-state index in [9.17, 15) is 9.59 Å². The first-order valence-electron chi connectivity index (χ1n) is 5.51. The van der Waals surface area contributed by atoms with E-state index in [1.54, 1.807) is 15.4 Å². The second-order valence-electron chi connectivity index (χ2n) is 4.17. The first-order chi connectivity index (χ1) is 8.90. The van der Waals surface area contributed by atoms with Crippen LogP contribution in [0.4, 0.5) is 0 Å². The molecule has 2 aromatic heterocycles. The van der Waals surface area contributed by atoms with E-state index in [-0.39, 0.29) is 5.56 Å². The standard InChI is InChI=1S/C12H12BrN3O3/c1-7-11(13)9(15(2)14-7)6-16-4-3-10(17)8(5-16)12(18)19/h3-5H,6H2,1-2H3,(H,18,19). The number of aromatic carboxylic acids is 1. The van der Waals surface area contributed by atoms with Crippen molar-refractivity contribution in [3.63, 3.8) is 0 Å². The monoisotopic (exact) mass is 325 g/mol. The summed E-state index contributed by atoms with van der Waals surface area (Å²) in [6, 6.07) is 1.25. The molecule has 7 heteroatoms. The predicted molar refractivity (Wildman–Crippen MR) is 72.4 cm³/mol. The molecule has 0 radical (unpaired) electrons. The van der Waals surface area contributed by atoms with Gasteiger partial charge < -0.3 is 9.67 Å². The van der Waals surface area contributed by atoms with Crippen LogP contribution in [-0.4, -0.2) is 25.4 Å². The number of carbonyl (C=O) groups is 1. The van der Waals surface area contributed by atoms with Crippen molar-refractivity contribution in [2.75, 3.05) is 0 Å². The zero-order chi connectivity index (χ0) is 14.2. The minimum atomic E-state index is -1.22. The van der Waals surface area contributed by atoms with Gasteiger partial charge in [0.05, 0.1) is 22.4 Å². The van der Waals surface area contributed by atoms with Gasteiger partial charge in [0.15, 0.2) is 5.43 Å². The summed E-state index contributed by atoms with van der Waals surface area (Å²) in [4.78, 5) is 22.3. The number of aromatic nitrogens is 3. The number of hydrogen-bond donors (Lipinski definition) is 1. The number of nitrogens with zero attached hydrogens (tertiary/aromatic N) is 3. The maximum Gasteiger partial charge on any atom is 0.341 e. The van der Waals surface area contributed by atoms with E-state index in [1.165, 1.54) is 12.3 Å². The van der Waals surface area contributed by atoms with Crippen LogP contribution in [0.2, 0.25) is 0 Å². The van der Waals surface area contributed by atoms with E-state index in [1.807, 2.05) is 14.0 Å². The number of pyridine rings is 1. The molecule has 6 nitrogen and oxygen atoms in total. The highest BCUT2D eigenvalue weighted by atomic mass is 79.9. The lowest BCUT2D eigenvalue weighted by atomic mass is 10.2. The van der Waals surface area contributed by atoms with Crippen LogP contribution in [0.3, 0.4) is 0 Å². The van der Waals surface area contributed by atoms with E-state index in [0.29, 0.717) is 6.54 Å². The number of carboxylic acids is 1. The van der Waals surface area contributed by atoms with Crippen molar-refractivity contribution in [1.82, 2.24) is 14.3 Å². The van der Waals surface area contributed by atoms with Crippen LogP contribution in [0.1, 0.15) is 21.7 Å². The van der Waals surface area contributed by atoms with Crippen LogP contribution in [-0.2, 0) is 13.6 Å². The molecule has 0 aromatic carbocycles. The summed E-state index contributed by atoms with van der Waals surface area (Å²) in [5.41, 5.74) is 1.02. The summed E-state index contributed by atoms with van der Waals surface area (Å²) in [6.45, 7) is 2.31. The van der Waals surface area contributed by atoms with E-state index >= 15 is 0 Å². The maximum absolute atomic E-state index is 11.4. The molecule has 0 unspecified atom stereocenters. The molecule has 100 valence electrons. The Kier molecular flexibility index (Phi) is 3.57. The topological polar surface area (TPSA) is 77.1 Å². The highest BCUT2D eigenvalue weighted by Gasteiger charge is 2.13. The largest absolute Gasteiger partial charge is 0.477 e. The molecule has 2 heterocycles. The van der Waals surface area contributed by atoms with Crippen molar-refractivity contribution in [1.29, 1.82) is 0 Å². The maximum atomic E-state index is 11.4. The first kappa shape index (κ1) is 13.5.